The van der Waals surface area contributed by atoms with Crippen LogP contribution in [0.1, 0.15) is 99.8 Å². The van der Waals surface area contributed by atoms with E-state index in [-0.39, 0.29) is 5.91 Å². The van der Waals surface area contributed by atoms with Gasteiger partial charge in [0.1, 0.15) is 0 Å². The van der Waals surface area contributed by atoms with E-state index in [1.165, 1.54) is 33.4 Å². The van der Waals surface area contributed by atoms with Crippen molar-refractivity contribution in [1.29, 1.82) is 0 Å². The molecule has 2 aromatic rings. The Morgan fingerprint density at radius 2 is 1.45 bits per heavy atom. The quantitative estimate of drug-likeness (QED) is 0.516. The standard InChI is InChI=1S/C29H37NO/c1-17(2)24-14-11-15-25(18(3)4)28(24)29(31)30-16-23-12-9-10-13-26(23)27-21(7)19(5)20(6)22(27)8/h9-15,17-18,21H,16H2,1-8H3,(H,30,31). The molecule has 3 rings (SSSR count). The van der Waals surface area contributed by atoms with Crippen molar-refractivity contribution in [3.05, 3.63) is 87.0 Å². The topological polar surface area (TPSA) is 29.1 Å². The van der Waals surface area contributed by atoms with Crippen LogP contribution in [0.15, 0.2) is 59.2 Å². The van der Waals surface area contributed by atoms with E-state index < -0.39 is 0 Å². The summed E-state index contributed by atoms with van der Waals surface area (Å²) >= 11 is 0. The van der Waals surface area contributed by atoms with Crippen LogP contribution in [0.4, 0.5) is 0 Å². The molecule has 2 aromatic carbocycles. The summed E-state index contributed by atoms with van der Waals surface area (Å²) in [7, 11) is 0. The maximum atomic E-state index is 13.4. The summed E-state index contributed by atoms with van der Waals surface area (Å²) < 4.78 is 0. The van der Waals surface area contributed by atoms with E-state index in [2.05, 4.69) is 103 Å². The number of allylic oxidation sites excluding steroid dienone is 4. The minimum absolute atomic E-state index is 0.0264. The van der Waals surface area contributed by atoms with Crippen molar-refractivity contribution in [2.45, 2.75) is 73.8 Å². The van der Waals surface area contributed by atoms with Crippen LogP contribution < -0.4 is 5.32 Å². The van der Waals surface area contributed by atoms with Crippen molar-refractivity contribution in [2.24, 2.45) is 5.92 Å². The van der Waals surface area contributed by atoms with Crippen molar-refractivity contribution in [3.8, 4) is 0 Å². The molecule has 0 saturated carbocycles. The first-order chi connectivity index (χ1) is 14.6. The van der Waals surface area contributed by atoms with E-state index >= 15 is 0 Å². The van der Waals surface area contributed by atoms with Crippen molar-refractivity contribution in [1.82, 2.24) is 5.32 Å². The fourth-order valence-corrected chi connectivity index (χ4v) is 4.81. The third kappa shape index (κ3) is 4.39. The number of rotatable bonds is 6. The summed E-state index contributed by atoms with van der Waals surface area (Å²) in [6.45, 7) is 18.1. The van der Waals surface area contributed by atoms with Crippen LogP contribution in [0.25, 0.3) is 5.57 Å². The van der Waals surface area contributed by atoms with Gasteiger partial charge in [-0.05, 0) is 71.6 Å². The van der Waals surface area contributed by atoms with Crippen LogP contribution in [-0.4, -0.2) is 5.91 Å². The smallest absolute Gasteiger partial charge is 0.252 e. The second kappa shape index (κ2) is 9.26. The third-order valence-electron chi connectivity index (χ3n) is 6.99. The van der Waals surface area contributed by atoms with E-state index in [4.69, 9.17) is 0 Å². The molecular weight excluding hydrogens is 378 g/mol. The number of amides is 1. The van der Waals surface area contributed by atoms with E-state index in [9.17, 15) is 4.79 Å². The van der Waals surface area contributed by atoms with Crippen molar-refractivity contribution >= 4 is 11.5 Å². The van der Waals surface area contributed by atoms with Crippen molar-refractivity contribution in [3.63, 3.8) is 0 Å². The van der Waals surface area contributed by atoms with Gasteiger partial charge in [0.05, 0.1) is 0 Å². The Morgan fingerprint density at radius 3 is 1.97 bits per heavy atom. The van der Waals surface area contributed by atoms with Crippen LogP contribution >= 0.6 is 0 Å². The number of nitrogens with one attached hydrogen (secondary N) is 1. The normalized spacial score (nSPS) is 16.6. The maximum absolute atomic E-state index is 13.4. The van der Waals surface area contributed by atoms with Gasteiger partial charge in [0.2, 0.25) is 0 Å². The molecule has 1 aliphatic rings. The Morgan fingerprint density at radius 1 is 0.871 bits per heavy atom. The molecule has 0 spiro atoms. The average molecular weight is 416 g/mol. The van der Waals surface area contributed by atoms with Gasteiger partial charge in [-0.25, -0.2) is 0 Å². The Balaban J connectivity index is 1.92. The Hall–Kier alpha value is -2.61. The van der Waals surface area contributed by atoms with Gasteiger partial charge in [0.25, 0.3) is 5.91 Å². The Kier molecular flexibility index (Phi) is 6.89. The summed E-state index contributed by atoms with van der Waals surface area (Å²) in [6, 6.07) is 14.8. The highest BCUT2D eigenvalue weighted by Gasteiger charge is 2.26. The molecule has 0 heterocycles. The molecule has 31 heavy (non-hydrogen) atoms. The number of benzene rings is 2. The number of hydrogen-bond acceptors (Lipinski definition) is 1. The lowest BCUT2D eigenvalue weighted by molar-refractivity contribution is 0.0948. The summed E-state index contributed by atoms with van der Waals surface area (Å²) in [5.74, 6) is 1.04. The molecule has 0 aliphatic heterocycles. The monoisotopic (exact) mass is 415 g/mol. The molecule has 0 radical (unpaired) electrons. The van der Waals surface area contributed by atoms with Gasteiger partial charge in [0, 0.05) is 18.0 Å². The molecule has 164 valence electrons. The van der Waals surface area contributed by atoms with Gasteiger partial charge < -0.3 is 5.32 Å². The van der Waals surface area contributed by atoms with Gasteiger partial charge in [-0.2, -0.15) is 0 Å². The Bertz CT molecular complexity index is 1030. The van der Waals surface area contributed by atoms with Gasteiger partial charge in [-0.3, -0.25) is 4.79 Å². The van der Waals surface area contributed by atoms with Crippen LogP contribution in [0, 0.1) is 5.92 Å². The van der Waals surface area contributed by atoms with Crippen molar-refractivity contribution in [2.75, 3.05) is 0 Å². The molecule has 1 N–H and O–H groups in total. The fourth-order valence-electron chi connectivity index (χ4n) is 4.81. The van der Waals surface area contributed by atoms with Gasteiger partial charge in [-0.15, -0.1) is 0 Å². The predicted molar refractivity (Wildman–Crippen MR) is 132 cm³/mol. The SMILES string of the molecule is CC1=C(C)C(C)C(c2ccccc2CNC(=O)c2c(C(C)C)cccc2C(C)C)=C1C. The molecule has 1 unspecified atom stereocenters. The lowest BCUT2D eigenvalue weighted by Gasteiger charge is -2.20. The Labute approximate surface area is 188 Å². The van der Waals surface area contributed by atoms with E-state index in [1.54, 1.807) is 0 Å². The molecule has 2 heteroatoms. The fraction of sp³-hybridized carbons (Fsp3) is 0.414. The van der Waals surface area contributed by atoms with E-state index in [0.29, 0.717) is 24.3 Å². The summed E-state index contributed by atoms with van der Waals surface area (Å²) in [5, 5.41) is 3.25. The van der Waals surface area contributed by atoms with Crippen molar-refractivity contribution < 1.29 is 4.79 Å². The predicted octanol–water partition coefficient (Wildman–Crippen LogP) is 7.62. The molecule has 2 nitrogen and oxygen atoms in total. The first-order valence-corrected chi connectivity index (χ1v) is 11.5. The zero-order valence-electron chi connectivity index (χ0n) is 20.4. The van der Waals surface area contributed by atoms with Crippen LogP contribution in [0.2, 0.25) is 0 Å². The second-order valence-corrected chi connectivity index (χ2v) is 9.53. The zero-order valence-corrected chi connectivity index (χ0v) is 20.4. The molecule has 0 bridgehead atoms. The largest absolute Gasteiger partial charge is 0.348 e. The molecule has 1 aliphatic carbocycles. The minimum atomic E-state index is 0.0264. The molecule has 1 amide bonds. The third-order valence-corrected chi connectivity index (χ3v) is 6.99. The van der Waals surface area contributed by atoms with Crippen LogP contribution in [0.5, 0.6) is 0 Å². The summed E-state index contributed by atoms with van der Waals surface area (Å²) in [5.41, 5.74) is 11.1. The maximum Gasteiger partial charge on any atom is 0.252 e. The van der Waals surface area contributed by atoms with Crippen LogP contribution in [0.3, 0.4) is 0 Å². The highest BCUT2D eigenvalue weighted by molar-refractivity contribution is 5.97. The highest BCUT2D eigenvalue weighted by Crippen LogP contribution is 2.43. The number of carbonyl (C=O) groups excluding carboxylic acids is 1. The zero-order chi connectivity index (χ0) is 22.9. The van der Waals surface area contributed by atoms with Gasteiger partial charge >= 0.3 is 0 Å². The summed E-state index contributed by atoms with van der Waals surface area (Å²) in [6.07, 6.45) is 0. The molecular formula is C29H37NO. The molecule has 1 atom stereocenters. The highest BCUT2D eigenvalue weighted by atomic mass is 16.1. The van der Waals surface area contributed by atoms with E-state index in [1.807, 2.05) is 0 Å². The lowest BCUT2D eigenvalue weighted by atomic mass is 9.87. The molecule has 0 saturated heterocycles. The molecule has 0 aromatic heterocycles. The lowest BCUT2D eigenvalue weighted by Crippen LogP contribution is -2.26. The average Bonchev–Trinajstić information content (AvgIpc) is 2.94. The second-order valence-electron chi connectivity index (χ2n) is 9.53. The van der Waals surface area contributed by atoms with Gasteiger partial charge in [-0.1, -0.05) is 82.7 Å². The van der Waals surface area contributed by atoms with E-state index in [0.717, 1.165) is 16.7 Å². The number of carbonyl (C=O) groups is 1. The van der Waals surface area contributed by atoms with Crippen LogP contribution in [-0.2, 0) is 6.54 Å². The number of hydrogen-bond donors (Lipinski definition) is 1. The minimum Gasteiger partial charge on any atom is -0.348 e. The first kappa shape index (κ1) is 23.1. The summed E-state index contributed by atoms with van der Waals surface area (Å²) in [4.78, 5) is 13.4. The molecule has 0 fully saturated rings. The first-order valence-electron chi connectivity index (χ1n) is 11.5. The van der Waals surface area contributed by atoms with Gasteiger partial charge in [0.15, 0.2) is 0 Å².